The van der Waals surface area contributed by atoms with Crippen LogP contribution in [0.1, 0.15) is 17.2 Å². The smallest absolute Gasteiger partial charge is 0.331 e. The van der Waals surface area contributed by atoms with Gasteiger partial charge in [-0.2, -0.15) is 0 Å². The standard InChI is InChI=1S/C18H19NO2/c1-3-17(20)21-14-19(2)18(15-10-6-4-7-11-15)16-12-8-5-9-13-16/h3-13,18H,1,14H2,2H3. The van der Waals surface area contributed by atoms with Crippen LogP contribution in [0.2, 0.25) is 0 Å². The summed E-state index contributed by atoms with van der Waals surface area (Å²) in [6.07, 6.45) is 1.17. The fourth-order valence-electron chi connectivity index (χ4n) is 2.27. The molecule has 2 aromatic rings. The quantitative estimate of drug-likeness (QED) is 0.462. The van der Waals surface area contributed by atoms with Gasteiger partial charge in [0.15, 0.2) is 0 Å². The second-order valence-electron chi connectivity index (χ2n) is 4.78. The third kappa shape index (κ3) is 4.04. The summed E-state index contributed by atoms with van der Waals surface area (Å²) in [4.78, 5) is 13.2. The molecule has 0 radical (unpaired) electrons. The molecule has 3 nitrogen and oxygen atoms in total. The fourth-order valence-corrected chi connectivity index (χ4v) is 2.27. The van der Waals surface area contributed by atoms with E-state index >= 15 is 0 Å². The van der Waals surface area contributed by atoms with Crippen LogP contribution in [0.3, 0.4) is 0 Å². The van der Waals surface area contributed by atoms with Gasteiger partial charge in [0.05, 0.1) is 6.04 Å². The van der Waals surface area contributed by atoms with Gasteiger partial charge in [-0.1, -0.05) is 67.2 Å². The molecule has 0 aliphatic carbocycles. The van der Waals surface area contributed by atoms with E-state index in [0.717, 1.165) is 11.1 Å². The number of hydrogen-bond acceptors (Lipinski definition) is 3. The SMILES string of the molecule is C=CC(=O)OCN(C)C(c1ccccc1)c1ccccc1. The molecule has 0 amide bonds. The molecule has 0 aliphatic rings. The minimum absolute atomic E-state index is 0.0324. The maximum absolute atomic E-state index is 11.2. The molecule has 0 aromatic heterocycles. The normalized spacial score (nSPS) is 10.6. The zero-order valence-electron chi connectivity index (χ0n) is 12.1. The van der Waals surface area contributed by atoms with E-state index in [0.29, 0.717) is 0 Å². The average Bonchev–Trinajstić information content (AvgIpc) is 2.55. The summed E-state index contributed by atoms with van der Waals surface area (Å²) in [5.74, 6) is -0.415. The van der Waals surface area contributed by atoms with Crippen molar-refractivity contribution in [3.05, 3.63) is 84.4 Å². The van der Waals surface area contributed by atoms with Crippen LogP contribution in [0.4, 0.5) is 0 Å². The molecule has 0 N–H and O–H groups in total. The Morgan fingerprint density at radius 1 is 1.10 bits per heavy atom. The van der Waals surface area contributed by atoms with Gasteiger partial charge in [0.1, 0.15) is 6.73 Å². The largest absolute Gasteiger partial charge is 0.446 e. The van der Waals surface area contributed by atoms with E-state index < -0.39 is 5.97 Å². The van der Waals surface area contributed by atoms with Gasteiger partial charge in [0.2, 0.25) is 0 Å². The number of carbonyl (C=O) groups is 1. The third-order valence-electron chi connectivity index (χ3n) is 3.25. The van der Waals surface area contributed by atoms with Crippen LogP contribution in [0.25, 0.3) is 0 Å². The molecule has 0 aliphatic heterocycles. The van der Waals surface area contributed by atoms with Crippen molar-refractivity contribution in [3.8, 4) is 0 Å². The Balaban J connectivity index is 2.24. The molecule has 0 saturated carbocycles. The number of benzene rings is 2. The molecular weight excluding hydrogens is 262 g/mol. The number of carbonyl (C=O) groups excluding carboxylic acids is 1. The predicted octanol–water partition coefficient (Wildman–Crippen LogP) is 3.39. The van der Waals surface area contributed by atoms with E-state index in [1.165, 1.54) is 6.08 Å². The lowest BCUT2D eigenvalue weighted by atomic mass is 9.98. The van der Waals surface area contributed by atoms with Crippen molar-refractivity contribution in [1.29, 1.82) is 0 Å². The summed E-state index contributed by atoms with van der Waals surface area (Å²) in [6.45, 7) is 3.61. The van der Waals surface area contributed by atoms with Crippen molar-refractivity contribution in [2.45, 2.75) is 6.04 Å². The van der Waals surface area contributed by atoms with Crippen LogP contribution >= 0.6 is 0 Å². The zero-order chi connectivity index (χ0) is 15.1. The number of nitrogens with zero attached hydrogens (tertiary/aromatic N) is 1. The molecule has 2 aromatic carbocycles. The maximum Gasteiger partial charge on any atom is 0.331 e. The first kappa shape index (κ1) is 15.0. The number of hydrogen-bond donors (Lipinski definition) is 0. The lowest BCUT2D eigenvalue weighted by Gasteiger charge is -2.28. The molecule has 0 atom stereocenters. The predicted molar refractivity (Wildman–Crippen MR) is 83.6 cm³/mol. The molecular formula is C18H19NO2. The average molecular weight is 281 g/mol. The summed E-state index contributed by atoms with van der Waals surface area (Å²) in [5, 5.41) is 0. The second-order valence-corrected chi connectivity index (χ2v) is 4.78. The molecule has 0 fully saturated rings. The lowest BCUT2D eigenvalue weighted by Crippen LogP contribution is -2.29. The molecule has 0 spiro atoms. The first-order valence-electron chi connectivity index (χ1n) is 6.81. The Hall–Kier alpha value is -2.39. The molecule has 0 unspecified atom stereocenters. The molecule has 0 heterocycles. The van der Waals surface area contributed by atoms with E-state index in [1.54, 1.807) is 0 Å². The van der Waals surface area contributed by atoms with E-state index in [4.69, 9.17) is 4.74 Å². The van der Waals surface area contributed by atoms with Crippen molar-refractivity contribution in [2.75, 3.05) is 13.8 Å². The van der Waals surface area contributed by atoms with Gasteiger partial charge in [-0.15, -0.1) is 0 Å². The van der Waals surface area contributed by atoms with Crippen LogP contribution in [0, 0.1) is 0 Å². The summed E-state index contributed by atoms with van der Waals surface area (Å²) in [5.41, 5.74) is 2.31. The van der Waals surface area contributed by atoms with Gasteiger partial charge in [-0.05, 0) is 18.2 Å². The fraction of sp³-hybridized carbons (Fsp3) is 0.167. The van der Waals surface area contributed by atoms with Crippen LogP contribution < -0.4 is 0 Å². The Bertz CT molecular complexity index is 541. The van der Waals surface area contributed by atoms with Gasteiger partial charge in [0, 0.05) is 6.08 Å². The van der Waals surface area contributed by atoms with Crippen molar-refractivity contribution >= 4 is 5.97 Å². The van der Waals surface area contributed by atoms with Crippen LogP contribution in [-0.2, 0) is 9.53 Å². The Morgan fingerprint density at radius 2 is 1.57 bits per heavy atom. The second kappa shape index (κ2) is 7.41. The van der Waals surface area contributed by atoms with E-state index in [2.05, 4.69) is 30.8 Å². The minimum Gasteiger partial charge on any atom is -0.446 e. The highest BCUT2D eigenvalue weighted by Gasteiger charge is 2.19. The van der Waals surface area contributed by atoms with Gasteiger partial charge >= 0.3 is 5.97 Å². The van der Waals surface area contributed by atoms with E-state index in [1.807, 2.05) is 48.3 Å². The Morgan fingerprint density at radius 3 is 2.00 bits per heavy atom. The molecule has 21 heavy (non-hydrogen) atoms. The maximum atomic E-state index is 11.2. The van der Waals surface area contributed by atoms with Gasteiger partial charge in [0.25, 0.3) is 0 Å². The lowest BCUT2D eigenvalue weighted by molar-refractivity contribution is -0.142. The van der Waals surface area contributed by atoms with E-state index in [-0.39, 0.29) is 12.8 Å². The van der Waals surface area contributed by atoms with Crippen LogP contribution in [0.15, 0.2) is 73.3 Å². The molecule has 2 rings (SSSR count). The van der Waals surface area contributed by atoms with Crippen molar-refractivity contribution < 1.29 is 9.53 Å². The zero-order valence-corrected chi connectivity index (χ0v) is 12.1. The molecule has 3 heteroatoms. The van der Waals surface area contributed by atoms with E-state index in [9.17, 15) is 4.79 Å². The number of esters is 1. The number of rotatable bonds is 6. The first-order chi connectivity index (χ1) is 10.2. The summed E-state index contributed by atoms with van der Waals surface area (Å²) in [7, 11) is 1.93. The van der Waals surface area contributed by atoms with Gasteiger partial charge in [-0.3, -0.25) is 4.90 Å². The Kier molecular flexibility index (Phi) is 5.29. The van der Waals surface area contributed by atoms with Crippen LogP contribution in [-0.4, -0.2) is 24.6 Å². The highest BCUT2D eigenvalue weighted by Crippen LogP contribution is 2.27. The van der Waals surface area contributed by atoms with Crippen molar-refractivity contribution in [3.63, 3.8) is 0 Å². The molecule has 0 bridgehead atoms. The molecule has 108 valence electrons. The van der Waals surface area contributed by atoms with Crippen molar-refractivity contribution in [1.82, 2.24) is 4.90 Å². The Labute approximate surface area is 125 Å². The highest BCUT2D eigenvalue weighted by atomic mass is 16.5. The molecule has 0 saturated heterocycles. The third-order valence-corrected chi connectivity index (χ3v) is 3.25. The summed E-state index contributed by atoms with van der Waals surface area (Å²) >= 11 is 0. The number of ether oxygens (including phenoxy) is 1. The first-order valence-corrected chi connectivity index (χ1v) is 6.81. The summed E-state index contributed by atoms with van der Waals surface area (Å²) in [6, 6.07) is 20.3. The topological polar surface area (TPSA) is 29.5 Å². The van der Waals surface area contributed by atoms with Crippen LogP contribution in [0.5, 0.6) is 0 Å². The highest BCUT2D eigenvalue weighted by molar-refractivity contribution is 5.81. The monoisotopic (exact) mass is 281 g/mol. The minimum atomic E-state index is -0.415. The van der Waals surface area contributed by atoms with Crippen molar-refractivity contribution in [2.24, 2.45) is 0 Å². The van der Waals surface area contributed by atoms with Gasteiger partial charge in [-0.25, -0.2) is 4.79 Å². The van der Waals surface area contributed by atoms with Gasteiger partial charge < -0.3 is 4.74 Å². The summed E-state index contributed by atoms with van der Waals surface area (Å²) < 4.78 is 5.15.